The first kappa shape index (κ1) is 15.0. The van der Waals surface area contributed by atoms with Gasteiger partial charge in [0.1, 0.15) is 0 Å². The van der Waals surface area contributed by atoms with E-state index >= 15 is 0 Å². The third kappa shape index (κ3) is 3.45. The fraction of sp³-hybridized carbons (Fsp3) is 1.00. The highest BCUT2D eigenvalue weighted by Gasteiger charge is 2.40. The summed E-state index contributed by atoms with van der Waals surface area (Å²) in [7, 11) is 0. The van der Waals surface area contributed by atoms with Crippen LogP contribution in [0.15, 0.2) is 0 Å². The van der Waals surface area contributed by atoms with Crippen LogP contribution in [-0.2, 0) is 0 Å². The SMILES string of the molecule is CCCNC(C(C)C)C(C)(CC)N1CCCC1. The quantitative estimate of drug-likeness (QED) is 0.735. The van der Waals surface area contributed by atoms with Crippen molar-refractivity contribution in [1.29, 1.82) is 0 Å². The van der Waals surface area contributed by atoms with E-state index in [-0.39, 0.29) is 0 Å². The number of hydrogen-bond acceptors (Lipinski definition) is 2. The number of nitrogens with one attached hydrogen (secondary N) is 1. The van der Waals surface area contributed by atoms with E-state index in [0.29, 0.717) is 17.5 Å². The summed E-state index contributed by atoms with van der Waals surface area (Å²) in [4.78, 5) is 2.72. The van der Waals surface area contributed by atoms with Crippen molar-refractivity contribution in [2.24, 2.45) is 5.92 Å². The number of rotatable bonds is 7. The van der Waals surface area contributed by atoms with Crippen LogP contribution >= 0.6 is 0 Å². The number of likely N-dealkylation sites (tertiary alicyclic amines) is 1. The van der Waals surface area contributed by atoms with E-state index in [0.717, 1.165) is 6.54 Å². The molecule has 1 aliphatic heterocycles. The molecule has 1 aliphatic rings. The lowest BCUT2D eigenvalue weighted by Gasteiger charge is -2.47. The highest BCUT2D eigenvalue weighted by atomic mass is 15.2. The average molecular weight is 240 g/mol. The molecule has 0 aromatic rings. The molecular weight excluding hydrogens is 208 g/mol. The van der Waals surface area contributed by atoms with Gasteiger partial charge < -0.3 is 5.32 Å². The lowest BCUT2D eigenvalue weighted by Crippen LogP contribution is -2.60. The van der Waals surface area contributed by atoms with Gasteiger partial charge in [0, 0.05) is 11.6 Å². The molecule has 1 heterocycles. The molecule has 2 heteroatoms. The van der Waals surface area contributed by atoms with E-state index in [4.69, 9.17) is 0 Å². The van der Waals surface area contributed by atoms with E-state index < -0.39 is 0 Å². The van der Waals surface area contributed by atoms with Crippen LogP contribution in [-0.4, -0.2) is 36.1 Å². The van der Waals surface area contributed by atoms with Crippen LogP contribution in [0.2, 0.25) is 0 Å². The zero-order valence-electron chi connectivity index (χ0n) is 12.6. The lowest BCUT2D eigenvalue weighted by molar-refractivity contribution is 0.0643. The van der Waals surface area contributed by atoms with Crippen molar-refractivity contribution >= 4 is 0 Å². The molecule has 102 valence electrons. The molecule has 0 saturated carbocycles. The van der Waals surface area contributed by atoms with Gasteiger partial charge in [0.2, 0.25) is 0 Å². The molecule has 1 saturated heterocycles. The summed E-state index contributed by atoms with van der Waals surface area (Å²) >= 11 is 0. The largest absolute Gasteiger partial charge is 0.312 e. The Kier molecular flexibility index (Phi) is 5.94. The van der Waals surface area contributed by atoms with Crippen LogP contribution in [0.25, 0.3) is 0 Å². The standard InChI is InChI=1S/C15H32N2/c1-6-10-16-14(13(3)4)15(5,7-2)17-11-8-9-12-17/h13-14,16H,6-12H2,1-5H3. The van der Waals surface area contributed by atoms with Gasteiger partial charge in [-0.3, -0.25) is 4.90 Å². The Labute approximate surface area is 108 Å². The van der Waals surface area contributed by atoms with Gasteiger partial charge in [-0.25, -0.2) is 0 Å². The third-order valence-corrected chi connectivity index (χ3v) is 4.50. The van der Waals surface area contributed by atoms with Gasteiger partial charge in [0.05, 0.1) is 0 Å². The minimum Gasteiger partial charge on any atom is -0.312 e. The first-order valence-corrected chi connectivity index (χ1v) is 7.54. The fourth-order valence-corrected chi connectivity index (χ4v) is 3.34. The molecule has 2 unspecified atom stereocenters. The zero-order valence-corrected chi connectivity index (χ0v) is 12.6. The Morgan fingerprint density at radius 3 is 2.18 bits per heavy atom. The molecule has 0 amide bonds. The molecule has 2 nitrogen and oxygen atoms in total. The molecular formula is C15H32N2. The Morgan fingerprint density at radius 2 is 1.76 bits per heavy atom. The van der Waals surface area contributed by atoms with Crippen LogP contribution in [0.3, 0.4) is 0 Å². The van der Waals surface area contributed by atoms with Gasteiger partial charge in [0.15, 0.2) is 0 Å². The molecule has 0 radical (unpaired) electrons. The fourth-order valence-electron chi connectivity index (χ4n) is 3.34. The van der Waals surface area contributed by atoms with Crippen LogP contribution < -0.4 is 5.32 Å². The summed E-state index contributed by atoms with van der Waals surface area (Å²) in [5, 5.41) is 3.80. The average Bonchev–Trinajstić information content (AvgIpc) is 2.82. The van der Waals surface area contributed by atoms with Gasteiger partial charge in [-0.1, -0.05) is 27.7 Å². The molecule has 1 fully saturated rings. The molecule has 0 aliphatic carbocycles. The van der Waals surface area contributed by atoms with Crippen molar-refractivity contribution in [1.82, 2.24) is 10.2 Å². The maximum Gasteiger partial charge on any atom is 0.0334 e. The Bertz CT molecular complexity index is 209. The van der Waals surface area contributed by atoms with Crippen LogP contribution in [0.4, 0.5) is 0 Å². The summed E-state index contributed by atoms with van der Waals surface area (Å²) < 4.78 is 0. The third-order valence-electron chi connectivity index (χ3n) is 4.50. The first-order valence-electron chi connectivity index (χ1n) is 7.54. The van der Waals surface area contributed by atoms with E-state index in [1.165, 1.54) is 38.8 Å². The molecule has 0 spiro atoms. The predicted octanol–water partition coefficient (Wildman–Crippen LogP) is 3.28. The second-order valence-electron chi connectivity index (χ2n) is 6.08. The van der Waals surface area contributed by atoms with Crippen LogP contribution in [0, 0.1) is 5.92 Å². The van der Waals surface area contributed by atoms with Crippen LogP contribution in [0.1, 0.15) is 60.3 Å². The topological polar surface area (TPSA) is 15.3 Å². The molecule has 0 bridgehead atoms. The molecule has 17 heavy (non-hydrogen) atoms. The summed E-state index contributed by atoms with van der Waals surface area (Å²) in [6.07, 6.45) is 5.23. The van der Waals surface area contributed by atoms with Crippen molar-refractivity contribution < 1.29 is 0 Å². The highest BCUT2D eigenvalue weighted by Crippen LogP contribution is 2.31. The minimum absolute atomic E-state index is 0.333. The van der Waals surface area contributed by atoms with Crippen LogP contribution in [0.5, 0.6) is 0 Å². The van der Waals surface area contributed by atoms with Gasteiger partial charge in [-0.2, -0.15) is 0 Å². The van der Waals surface area contributed by atoms with Crippen molar-refractivity contribution in [2.45, 2.75) is 71.9 Å². The summed E-state index contributed by atoms with van der Waals surface area (Å²) in [6.45, 7) is 15.5. The first-order chi connectivity index (χ1) is 8.06. The van der Waals surface area contributed by atoms with Crippen molar-refractivity contribution in [3.63, 3.8) is 0 Å². The normalized spacial score (nSPS) is 22.9. The summed E-state index contributed by atoms with van der Waals surface area (Å²) in [5.74, 6) is 0.701. The summed E-state index contributed by atoms with van der Waals surface area (Å²) in [6, 6.07) is 0.616. The monoisotopic (exact) mass is 240 g/mol. The molecule has 0 aromatic carbocycles. The Morgan fingerprint density at radius 1 is 1.18 bits per heavy atom. The minimum atomic E-state index is 0.333. The van der Waals surface area contributed by atoms with Crippen molar-refractivity contribution in [3.8, 4) is 0 Å². The molecule has 1 N–H and O–H groups in total. The highest BCUT2D eigenvalue weighted by molar-refractivity contribution is 4.99. The molecule has 2 atom stereocenters. The van der Waals surface area contributed by atoms with Gasteiger partial charge in [-0.15, -0.1) is 0 Å². The van der Waals surface area contributed by atoms with Crippen molar-refractivity contribution in [2.75, 3.05) is 19.6 Å². The van der Waals surface area contributed by atoms with Gasteiger partial charge in [-0.05, 0) is 58.2 Å². The predicted molar refractivity (Wildman–Crippen MR) is 76.4 cm³/mol. The number of nitrogens with zero attached hydrogens (tertiary/aromatic N) is 1. The lowest BCUT2D eigenvalue weighted by atomic mass is 9.81. The Hall–Kier alpha value is -0.0800. The maximum atomic E-state index is 3.80. The van der Waals surface area contributed by atoms with E-state index in [2.05, 4.69) is 44.8 Å². The van der Waals surface area contributed by atoms with Gasteiger partial charge in [0.25, 0.3) is 0 Å². The smallest absolute Gasteiger partial charge is 0.0334 e. The van der Waals surface area contributed by atoms with E-state index in [1.54, 1.807) is 0 Å². The second kappa shape index (κ2) is 6.75. The maximum absolute atomic E-state index is 3.80. The molecule has 1 rings (SSSR count). The van der Waals surface area contributed by atoms with E-state index in [9.17, 15) is 0 Å². The molecule has 0 aromatic heterocycles. The number of hydrogen-bond donors (Lipinski definition) is 1. The Balaban J connectivity index is 2.77. The summed E-state index contributed by atoms with van der Waals surface area (Å²) in [5.41, 5.74) is 0.333. The second-order valence-corrected chi connectivity index (χ2v) is 6.08. The van der Waals surface area contributed by atoms with E-state index in [1.807, 2.05) is 0 Å². The van der Waals surface area contributed by atoms with Gasteiger partial charge >= 0.3 is 0 Å². The van der Waals surface area contributed by atoms with Crippen molar-refractivity contribution in [3.05, 3.63) is 0 Å². The zero-order chi connectivity index (χ0) is 12.9.